The number of aliphatic hydroxyl groups is 1. The van der Waals surface area contributed by atoms with E-state index in [0.29, 0.717) is 5.56 Å². The van der Waals surface area contributed by atoms with Crippen molar-refractivity contribution in [2.45, 2.75) is 43.4 Å². The topological polar surface area (TPSA) is 230 Å². The number of primary amides is 1. The van der Waals surface area contributed by atoms with Crippen molar-refractivity contribution in [1.82, 2.24) is 20.9 Å². The highest BCUT2D eigenvalue weighted by atomic mass is 32.1. The van der Waals surface area contributed by atoms with Crippen LogP contribution in [0.25, 0.3) is 10.9 Å². The van der Waals surface area contributed by atoms with Gasteiger partial charge in [0.25, 0.3) is 0 Å². The Balaban J connectivity index is 2.31. The van der Waals surface area contributed by atoms with Gasteiger partial charge < -0.3 is 42.6 Å². The Kier molecular flexibility index (Phi) is 10.7. The second-order valence-corrected chi connectivity index (χ2v) is 8.43. The van der Waals surface area contributed by atoms with Gasteiger partial charge in [0.1, 0.15) is 18.1 Å². The summed E-state index contributed by atoms with van der Waals surface area (Å²) in [7, 11) is 0. The van der Waals surface area contributed by atoms with Gasteiger partial charge in [-0.3, -0.25) is 19.2 Å². The minimum Gasteiger partial charge on any atom is -0.480 e. The summed E-state index contributed by atoms with van der Waals surface area (Å²) in [6.07, 6.45) is 1.20. The maximum atomic E-state index is 13.1. The summed E-state index contributed by atoms with van der Waals surface area (Å²) in [6.45, 7) is -0.867. The van der Waals surface area contributed by atoms with Gasteiger partial charge in [0.15, 0.2) is 0 Å². The molecule has 2 aromatic rings. The molecule has 4 amide bonds. The number of carboxylic acids is 1. The lowest BCUT2D eigenvalue weighted by Gasteiger charge is -2.24. The van der Waals surface area contributed by atoms with Crippen molar-refractivity contribution in [2.75, 3.05) is 12.4 Å². The summed E-state index contributed by atoms with van der Waals surface area (Å²) >= 11 is 3.95. The van der Waals surface area contributed by atoms with E-state index in [1.807, 2.05) is 12.1 Å². The van der Waals surface area contributed by atoms with Crippen LogP contribution in [-0.2, 0) is 30.4 Å². The molecule has 13 nitrogen and oxygen atoms in total. The van der Waals surface area contributed by atoms with E-state index in [4.69, 9.17) is 11.5 Å². The fraction of sp³-hybridized carbons (Fsp3) is 0.409. The van der Waals surface area contributed by atoms with Crippen molar-refractivity contribution >= 4 is 53.1 Å². The smallest absolute Gasteiger partial charge is 0.328 e. The number of aromatic nitrogens is 1. The molecule has 14 heteroatoms. The van der Waals surface area contributed by atoms with E-state index in [1.165, 1.54) is 0 Å². The molecule has 0 radical (unpaired) electrons. The van der Waals surface area contributed by atoms with Crippen LogP contribution in [0, 0.1) is 0 Å². The largest absolute Gasteiger partial charge is 0.480 e. The van der Waals surface area contributed by atoms with Gasteiger partial charge in [-0.2, -0.15) is 12.6 Å². The quantitative estimate of drug-likeness (QED) is 0.123. The van der Waals surface area contributed by atoms with E-state index in [9.17, 15) is 34.2 Å². The summed E-state index contributed by atoms with van der Waals surface area (Å²) in [4.78, 5) is 64.0. The highest BCUT2D eigenvalue weighted by Gasteiger charge is 2.31. The van der Waals surface area contributed by atoms with Gasteiger partial charge in [-0.05, 0) is 18.1 Å². The Bertz CT molecular complexity index is 1110. The van der Waals surface area contributed by atoms with Crippen molar-refractivity contribution in [3.63, 3.8) is 0 Å². The number of rotatable bonds is 14. The summed E-state index contributed by atoms with van der Waals surface area (Å²) in [5.74, 6) is -4.55. The van der Waals surface area contributed by atoms with Gasteiger partial charge in [-0.15, -0.1) is 0 Å². The number of H-pyrrole nitrogens is 1. The summed E-state index contributed by atoms with van der Waals surface area (Å²) in [5, 5.41) is 26.4. The molecule has 0 saturated heterocycles. The van der Waals surface area contributed by atoms with E-state index in [2.05, 4.69) is 33.6 Å². The van der Waals surface area contributed by atoms with Crippen LogP contribution < -0.4 is 27.4 Å². The number of aromatic amines is 1. The molecule has 36 heavy (non-hydrogen) atoms. The molecule has 1 aromatic carbocycles. The molecule has 0 bridgehead atoms. The molecule has 10 N–H and O–H groups in total. The zero-order chi connectivity index (χ0) is 26.8. The number of aliphatic hydroxyl groups excluding tert-OH is 1. The van der Waals surface area contributed by atoms with Crippen LogP contribution in [0.5, 0.6) is 0 Å². The number of aliphatic carboxylic acids is 1. The maximum absolute atomic E-state index is 13.1. The molecular formula is C22H30N6O7S. The van der Waals surface area contributed by atoms with Crippen LogP contribution in [0.1, 0.15) is 18.4 Å². The van der Waals surface area contributed by atoms with Gasteiger partial charge >= 0.3 is 5.97 Å². The van der Waals surface area contributed by atoms with Crippen LogP contribution in [0.4, 0.5) is 0 Å². The van der Waals surface area contributed by atoms with Crippen molar-refractivity contribution < 1.29 is 34.2 Å². The van der Waals surface area contributed by atoms with Crippen molar-refractivity contribution in [2.24, 2.45) is 11.5 Å². The zero-order valence-corrected chi connectivity index (χ0v) is 20.2. The van der Waals surface area contributed by atoms with Gasteiger partial charge in [-0.25, -0.2) is 4.79 Å². The molecule has 1 heterocycles. The Labute approximate surface area is 211 Å². The van der Waals surface area contributed by atoms with Gasteiger partial charge in [0.2, 0.25) is 23.6 Å². The third-order valence-electron chi connectivity index (χ3n) is 5.37. The average molecular weight is 523 g/mol. The lowest BCUT2D eigenvalue weighted by molar-refractivity contribution is -0.143. The molecule has 1 aromatic heterocycles. The van der Waals surface area contributed by atoms with Crippen molar-refractivity contribution in [3.05, 3.63) is 36.0 Å². The fourth-order valence-corrected chi connectivity index (χ4v) is 3.54. The molecule has 196 valence electrons. The maximum Gasteiger partial charge on any atom is 0.328 e. The first-order valence-corrected chi connectivity index (χ1v) is 11.6. The van der Waals surface area contributed by atoms with Crippen LogP contribution in [0.15, 0.2) is 30.5 Å². The molecule has 0 saturated carbocycles. The Morgan fingerprint density at radius 1 is 0.972 bits per heavy atom. The number of carbonyl (C=O) groups excluding carboxylic acids is 4. The molecule has 2 rings (SSSR count). The Morgan fingerprint density at radius 2 is 1.58 bits per heavy atom. The number of nitrogens with two attached hydrogens (primary N) is 2. The summed E-state index contributed by atoms with van der Waals surface area (Å²) in [5.41, 5.74) is 12.3. The fourth-order valence-electron chi connectivity index (χ4n) is 3.38. The lowest BCUT2D eigenvalue weighted by atomic mass is 10.0. The van der Waals surface area contributed by atoms with Crippen molar-refractivity contribution in [3.8, 4) is 0 Å². The number of benzene rings is 1. The van der Waals surface area contributed by atoms with Crippen LogP contribution >= 0.6 is 12.6 Å². The third kappa shape index (κ3) is 7.96. The number of fused-ring (bicyclic) bond motifs is 1. The molecular weight excluding hydrogens is 492 g/mol. The number of hydrogen-bond donors (Lipinski definition) is 9. The predicted octanol–water partition coefficient (Wildman–Crippen LogP) is -2.24. The molecule has 0 aliphatic rings. The highest BCUT2D eigenvalue weighted by molar-refractivity contribution is 7.80. The Morgan fingerprint density at radius 3 is 2.19 bits per heavy atom. The van der Waals surface area contributed by atoms with E-state index in [0.717, 1.165) is 10.9 Å². The van der Waals surface area contributed by atoms with Crippen LogP contribution in [0.2, 0.25) is 0 Å². The van der Waals surface area contributed by atoms with E-state index in [-0.39, 0.29) is 25.0 Å². The molecule has 0 aliphatic heterocycles. The number of para-hydroxylation sites is 1. The Hall–Kier alpha value is -3.62. The minimum atomic E-state index is -1.60. The summed E-state index contributed by atoms with van der Waals surface area (Å²) in [6, 6.07) is 2.05. The van der Waals surface area contributed by atoms with Crippen LogP contribution in [-0.4, -0.2) is 81.3 Å². The van der Waals surface area contributed by atoms with Gasteiger partial charge in [-0.1, -0.05) is 18.2 Å². The number of hydrogen-bond acceptors (Lipinski definition) is 8. The van der Waals surface area contributed by atoms with Crippen molar-refractivity contribution in [1.29, 1.82) is 0 Å². The number of amides is 4. The van der Waals surface area contributed by atoms with E-state index < -0.39 is 60.4 Å². The normalized spacial score (nSPS) is 14.3. The van der Waals surface area contributed by atoms with Gasteiger partial charge in [0, 0.05) is 35.7 Å². The first-order chi connectivity index (χ1) is 17.1. The second-order valence-electron chi connectivity index (χ2n) is 8.06. The first kappa shape index (κ1) is 28.6. The summed E-state index contributed by atoms with van der Waals surface area (Å²) < 4.78 is 0. The third-order valence-corrected chi connectivity index (χ3v) is 5.77. The monoisotopic (exact) mass is 522 g/mol. The molecule has 0 spiro atoms. The molecule has 4 unspecified atom stereocenters. The zero-order valence-electron chi connectivity index (χ0n) is 19.3. The number of carbonyl (C=O) groups is 5. The number of carboxylic acid groups (broad SMARTS) is 1. The highest BCUT2D eigenvalue weighted by Crippen LogP contribution is 2.19. The minimum absolute atomic E-state index is 0.000672. The SMILES string of the molecule is NC(=O)CCC(NC(=O)C(N)CS)C(=O)NC(Cc1c[nH]c2ccccc12)C(=O)NC(CO)C(=O)O. The second kappa shape index (κ2) is 13.5. The number of thiol groups is 1. The van der Waals surface area contributed by atoms with E-state index >= 15 is 0 Å². The van der Waals surface area contributed by atoms with Gasteiger partial charge in [0.05, 0.1) is 12.6 Å². The predicted molar refractivity (Wildman–Crippen MR) is 133 cm³/mol. The molecule has 4 atom stereocenters. The van der Waals surface area contributed by atoms with E-state index in [1.54, 1.807) is 18.3 Å². The molecule has 0 aliphatic carbocycles. The standard InChI is InChI=1S/C22H30N6O7S/c23-13(10-36)19(31)26-15(5-6-18(24)30)20(32)27-16(21(33)28-17(9-29)22(34)35)7-11-8-25-14-4-2-1-3-12(11)14/h1-4,8,13,15-17,25,29,36H,5-7,9-10,23H2,(H2,24,30)(H,26,31)(H,27,32)(H,28,33)(H,34,35). The first-order valence-electron chi connectivity index (χ1n) is 11.0. The lowest BCUT2D eigenvalue weighted by Crippen LogP contribution is -2.58. The molecule has 0 fully saturated rings. The number of nitrogens with one attached hydrogen (secondary N) is 4. The average Bonchev–Trinajstić information content (AvgIpc) is 3.26. The van der Waals surface area contributed by atoms with Crippen LogP contribution in [0.3, 0.4) is 0 Å².